The molecule has 5 amide bonds. The number of alkyl halides is 2. The van der Waals surface area contributed by atoms with Crippen molar-refractivity contribution in [3.05, 3.63) is 102 Å². The number of carbonyl (C=O) groups excluding carboxylic acids is 5. The van der Waals surface area contributed by atoms with Crippen LogP contribution in [0, 0.1) is 23.6 Å². The Hall–Kier alpha value is -7.82. The smallest absolute Gasteiger partial charge is 0.355 e. The summed E-state index contributed by atoms with van der Waals surface area (Å²) in [6.07, 6.45) is 8.58. The van der Waals surface area contributed by atoms with E-state index in [1.807, 2.05) is 26.6 Å². The maximum atomic E-state index is 13.9. The monoisotopic (exact) mass is 1050 g/mol. The van der Waals surface area contributed by atoms with Gasteiger partial charge >= 0.3 is 5.76 Å². The summed E-state index contributed by atoms with van der Waals surface area (Å²) in [5.74, 6) is -5.49. The lowest BCUT2D eigenvalue weighted by molar-refractivity contribution is -0.136. The lowest BCUT2D eigenvalue weighted by Crippen LogP contribution is -2.54. The number of likely N-dealkylation sites (tertiary alicyclic amines) is 1. The van der Waals surface area contributed by atoms with Crippen LogP contribution in [0.3, 0.4) is 0 Å². The average Bonchev–Trinajstić information content (AvgIpc) is 3.82. The van der Waals surface area contributed by atoms with Crippen LogP contribution in [-0.2, 0) is 31.5 Å². The number of aromatic nitrogens is 5. The first-order valence-electron chi connectivity index (χ1n) is 24.9. The predicted octanol–water partition coefficient (Wildman–Crippen LogP) is 6.44. The highest BCUT2D eigenvalue weighted by atomic mass is 32.2. The summed E-state index contributed by atoms with van der Waals surface area (Å²) in [5, 5.41) is 12.3. The van der Waals surface area contributed by atoms with Gasteiger partial charge in [0.2, 0.25) is 17.7 Å². The molecule has 4 aliphatic heterocycles. The number of anilines is 3. The standard InChI is InChI=1S/C52H52F3N11O8S/c1-27(28-6-9-32(53)10-7-28)74-41-22-30(8-11-38(41)61-75(72,73)52(54)55)45-44-46(62(2)60-45)37(25-57-47(44)56)31-24-58-65(26-31)33-16-20-64(21-17-33)49(69)36-23-35(36)29-14-18-63(19-15-29)39-5-3-4-34-43(39)51(71)66(50(34)70)40-12-13-42(67)59-48(40)68/h3-11,22,24-27,29,33,35-36,40,52,61H,12-21,23H2,1-2H3,(H2,56,57)(H,59,67,68)/t27-,35-,36-,40?/m0/s1. The van der Waals surface area contributed by atoms with Gasteiger partial charge in [0.05, 0.1) is 45.6 Å². The molecule has 0 radical (unpaired) electrons. The molecule has 23 heteroatoms. The Morgan fingerprint density at radius 1 is 0.907 bits per heavy atom. The number of nitrogen functional groups attached to an aromatic ring is 1. The van der Waals surface area contributed by atoms with Gasteiger partial charge in [0.1, 0.15) is 35.2 Å². The minimum absolute atomic E-state index is 0.0240. The zero-order chi connectivity index (χ0) is 52.6. The van der Waals surface area contributed by atoms with Gasteiger partial charge in [-0.2, -0.15) is 19.0 Å². The van der Waals surface area contributed by atoms with E-state index < -0.39 is 57.4 Å². The van der Waals surface area contributed by atoms with Gasteiger partial charge in [-0.15, -0.1) is 0 Å². The number of pyridine rings is 1. The first kappa shape index (κ1) is 49.4. The first-order chi connectivity index (χ1) is 35.9. The number of amides is 5. The summed E-state index contributed by atoms with van der Waals surface area (Å²) in [5.41, 5.74) is 10.9. The van der Waals surface area contributed by atoms with E-state index in [1.54, 1.807) is 43.2 Å². The van der Waals surface area contributed by atoms with Crippen molar-refractivity contribution in [2.75, 3.05) is 41.5 Å². The van der Waals surface area contributed by atoms with Crippen molar-refractivity contribution in [3.8, 4) is 28.1 Å². The van der Waals surface area contributed by atoms with E-state index in [0.717, 1.165) is 29.7 Å². The average molecular weight is 1050 g/mol. The SMILES string of the molecule is C[C@H](Oc1cc(-c2nn(C)c3c(-c4cnn(C5CCN(C(=O)[C@H]6C[C@H]6C6CCN(c7cccc8c7C(=O)N(C7CCC(=O)NC7=O)C8=O)CC6)CC5)c4)cnc(N)c23)ccc1NS(=O)(=O)C(F)F)c1ccc(F)cc1. The van der Waals surface area contributed by atoms with Crippen LogP contribution in [0.2, 0.25) is 0 Å². The lowest BCUT2D eigenvalue weighted by Gasteiger charge is -2.35. The summed E-state index contributed by atoms with van der Waals surface area (Å²) in [4.78, 5) is 75.1. The molecule has 5 aliphatic rings. The van der Waals surface area contributed by atoms with Crippen LogP contribution in [0.1, 0.15) is 90.3 Å². The quantitative estimate of drug-likeness (QED) is 0.106. The fourth-order valence-electron chi connectivity index (χ4n) is 11.4. The van der Waals surface area contributed by atoms with Gasteiger partial charge in [0, 0.05) is 74.6 Å². The summed E-state index contributed by atoms with van der Waals surface area (Å²) in [7, 11) is -3.34. The fraction of sp³-hybridized carbons (Fsp3) is 0.385. The van der Waals surface area contributed by atoms with Gasteiger partial charge in [-0.25, -0.2) is 17.8 Å². The molecule has 19 nitrogen and oxygen atoms in total. The van der Waals surface area contributed by atoms with Crippen LogP contribution < -0.4 is 25.4 Å². The molecular formula is C52H52F3N11O8S. The van der Waals surface area contributed by atoms with Crippen LogP contribution in [0.25, 0.3) is 33.3 Å². The Morgan fingerprint density at radius 3 is 2.37 bits per heavy atom. The third-order valence-electron chi connectivity index (χ3n) is 15.4. The van der Waals surface area contributed by atoms with Crippen molar-refractivity contribution in [2.45, 2.75) is 75.8 Å². The van der Waals surface area contributed by atoms with E-state index in [2.05, 4.69) is 15.2 Å². The number of halogens is 3. The molecule has 4 fully saturated rings. The van der Waals surface area contributed by atoms with E-state index in [0.29, 0.717) is 83.9 Å². The lowest BCUT2D eigenvalue weighted by atomic mass is 9.90. The highest BCUT2D eigenvalue weighted by Gasteiger charge is 2.51. The van der Waals surface area contributed by atoms with Gasteiger partial charge in [-0.3, -0.25) is 48.3 Å². The maximum Gasteiger partial charge on any atom is 0.355 e. The summed E-state index contributed by atoms with van der Waals surface area (Å²) < 4.78 is 76.9. The third kappa shape index (κ3) is 9.09. The van der Waals surface area contributed by atoms with Crippen molar-refractivity contribution in [2.24, 2.45) is 24.8 Å². The van der Waals surface area contributed by atoms with E-state index in [4.69, 9.17) is 20.7 Å². The Morgan fingerprint density at radius 2 is 1.65 bits per heavy atom. The second-order valence-corrected chi connectivity index (χ2v) is 21.6. The summed E-state index contributed by atoms with van der Waals surface area (Å²) in [6, 6.07) is 13.9. The number of carbonyl (C=O) groups is 5. The fourth-order valence-corrected chi connectivity index (χ4v) is 12.0. The normalized spacial score (nSPS) is 21.0. The molecule has 1 saturated carbocycles. The first-order valence-corrected chi connectivity index (χ1v) is 26.4. The Labute approximate surface area is 428 Å². The molecule has 1 unspecified atom stereocenters. The number of fused-ring (bicyclic) bond motifs is 2. The molecular weight excluding hydrogens is 996 g/mol. The van der Waals surface area contributed by atoms with E-state index in [-0.39, 0.29) is 65.0 Å². The van der Waals surface area contributed by atoms with Crippen molar-refractivity contribution in [1.29, 1.82) is 0 Å². The van der Waals surface area contributed by atoms with Gasteiger partial charge in [0.15, 0.2) is 0 Å². The van der Waals surface area contributed by atoms with Crippen LogP contribution in [0.15, 0.2) is 79.3 Å². The number of nitrogens with one attached hydrogen (secondary N) is 2. The Kier molecular flexibility index (Phi) is 12.6. The Bertz CT molecular complexity index is 3430. The van der Waals surface area contributed by atoms with Crippen LogP contribution in [0.4, 0.5) is 30.4 Å². The number of piperidine rings is 3. The number of hydrogen-bond donors (Lipinski definition) is 3. The topological polar surface area (TPSA) is 237 Å². The van der Waals surface area contributed by atoms with Crippen LogP contribution in [0.5, 0.6) is 5.75 Å². The predicted molar refractivity (Wildman–Crippen MR) is 268 cm³/mol. The number of rotatable bonds is 13. The summed E-state index contributed by atoms with van der Waals surface area (Å²) in [6.45, 7) is 4.12. The number of sulfonamides is 1. The molecule has 11 rings (SSSR count). The van der Waals surface area contributed by atoms with E-state index in [1.165, 1.54) is 42.5 Å². The van der Waals surface area contributed by atoms with E-state index >= 15 is 0 Å². The van der Waals surface area contributed by atoms with Crippen LogP contribution in [-0.4, -0.2) is 110 Å². The minimum Gasteiger partial charge on any atom is -0.484 e. The zero-order valence-electron chi connectivity index (χ0n) is 40.8. The molecule has 0 spiro atoms. The van der Waals surface area contributed by atoms with Crippen LogP contribution >= 0.6 is 0 Å². The second kappa shape index (κ2) is 19.1. The number of aryl methyl sites for hydroxylation is 1. The molecule has 4 N–H and O–H groups in total. The highest BCUT2D eigenvalue weighted by Crippen LogP contribution is 2.50. The second-order valence-electron chi connectivity index (χ2n) is 19.9. The van der Waals surface area contributed by atoms with Gasteiger partial charge in [0.25, 0.3) is 21.8 Å². The highest BCUT2D eigenvalue weighted by molar-refractivity contribution is 7.93. The Balaban J connectivity index is 0.732. The number of nitrogens with two attached hydrogens (primary N) is 1. The number of benzene rings is 3. The minimum atomic E-state index is -5.08. The van der Waals surface area contributed by atoms with Crippen molar-refractivity contribution in [3.63, 3.8) is 0 Å². The molecule has 3 saturated heterocycles. The number of imide groups is 2. The molecule has 75 heavy (non-hydrogen) atoms. The number of ether oxygens (including phenoxy) is 1. The van der Waals surface area contributed by atoms with Crippen molar-refractivity contribution >= 4 is 67.7 Å². The molecule has 3 aromatic carbocycles. The molecule has 4 atom stereocenters. The third-order valence-corrected chi connectivity index (χ3v) is 16.4. The largest absolute Gasteiger partial charge is 0.484 e. The number of nitrogens with zero attached hydrogens (tertiary/aromatic N) is 8. The molecule has 7 heterocycles. The maximum absolute atomic E-state index is 13.9. The molecule has 0 bridgehead atoms. The molecule has 390 valence electrons. The van der Waals surface area contributed by atoms with Gasteiger partial charge in [-0.1, -0.05) is 24.3 Å². The van der Waals surface area contributed by atoms with Gasteiger partial charge in [-0.05, 0) is 99.2 Å². The van der Waals surface area contributed by atoms with Crippen molar-refractivity contribution in [1.82, 2.24) is 39.7 Å². The van der Waals surface area contributed by atoms with E-state index in [9.17, 15) is 45.6 Å². The summed E-state index contributed by atoms with van der Waals surface area (Å²) >= 11 is 0. The zero-order valence-corrected chi connectivity index (χ0v) is 41.6. The molecule has 3 aromatic heterocycles. The molecule has 1 aliphatic carbocycles. The van der Waals surface area contributed by atoms with Crippen molar-refractivity contribution < 1.29 is 50.3 Å². The van der Waals surface area contributed by atoms with Gasteiger partial charge < -0.3 is 20.3 Å². The number of hydrogen-bond acceptors (Lipinski definition) is 13. The molecule has 6 aromatic rings.